The van der Waals surface area contributed by atoms with Crippen molar-refractivity contribution in [3.8, 4) is 0 Å². The number of piperidine rings is 1. The SMILES string of the molecule is CC(C)CNCc1cccc(F)c1N1CCCC(CO)C1. The molecule has 2 rings (SSSR count). The molecule has 0 saturated carbocycles. The second-order valence-electron chi connectivity index (χ2n) is 6.41. The lowest BCUT2D eigenvalue weighted by Crippen LogP contribution is -2.38. The van der Waals surface area contributed by atoms with Crippen LogP contribution in [0.4, 0.5) is 10.1 Å². The molecular formula is C17H27FN2O. The summed E-state index contributed by atoms with van der Waals surface area (Å²) in [6.07, 6.45) is 2.04. The average molecular weight is 294 g/mol. The Morgan fingerprint density at radius 1 is 1.43 bits per heavy atom. The first-order valence-electron chi connectivity index (χ1n) is 7.95. The first-order chi connectivity index (χ1) is 10.1. The lowest BCUT2D eigenvalue weighted by molar-refractivity contribution is 0.208. The minimum Gasteiger partial charge on any atom is -0.396 e. The van der Waals surface area contributed by atoms with Crippen LogP contribution in [0.25, 0.3) is 0 Å². The van der Waals surface area contributed by atoms with E-state index >= 15 is 0 Å². The Labute approximate surface area is 127 Å². The monoisotopic (exact) mass is 294 g/mol. The number of nitrogens with one attached hydrogen (secondary N) is 1. The zero-order valence-corrected chi connectivity index (χ0v) is 13.1. The third-order valence-corrected chi connectivity index (χ3v) is 4.03. The summed E-state index contributed by atoms with van der Waals surface area (Å²) in [4.78, 5) is 2.10. The molecule has 1 unspecified atom stereocenters. The number of hydrogen-bond acceptors (Lipinski definition) is 3. The van der Waals surface area contributed by atoms with Gasteiger partial charge in [0.2, 0.25) is 0 Å². The van der Waals surface area contributed by atoms with E-state index in [1.54, 1.807) is 6.07 Å². The van der Waals surface area contributed by atoms with Crippen LogP contribution in [0.3, 0.4) is 0 Å². The Morgan fingerprint density at radius 2 is 2.24 bits per heavy atom. The standard InChI is InChI=1S/C17H27FN2O/c1-13(2)9-19-10-15-6-3-7-16(18)17(15)20-8-4-5-14(11-20)12-21/h3,6-7,13-14,19,21H,4-5,8-12H2,1-2H3. The van der Waals surface area contributed by atoms with Crippen molar-refractivity contribution in [3.05, 3.63) is 29.6 Å². The molecule has 0 radical (unpaired) electrons. The highest BCUT2D eigenvalue weighted by molar-refractivity contribution is 5.55. The van der Waals surface area contributed by atoms with Crippen molar-refractivity contribution < 1.29 is 9.50 Å². The molecule has 1 atom stereocenters. The van der Waals surface area contributed by atoms with Crippen LogP contribution in [0, 0.1) is 17.7 Å². The Bertz CT molecular complexity index is 450. The normalized spacial score (nSPS) is 19.3. The molecule has 1 aromatic carbocycles. The summed E-state index contributed by atoms with van der Waals surface area (Å²) in [5.74, 6) is 0.683. The number of halogens is 1. The van der Waals surface area contributed by atoms with Gasteiger partial charge in [0.1, 0.15) is 5.82 Å². The largest absolute Gasteiger partial charge is 0.396 e. The minimum absolute atomic E-state index is 0.155. The Kier molecular flexibility index (Phi) is 6.00. The molecule has 4 heteroatoms. The highest BCUT2D eigenvalue weighted by atomic mass is 19.1. The highest BCUT2D eigenvalue weighted by Gasteiger charge is 2.23. The number of para-hydroxylation sites is 1. The van der Waals surface area contributed by atoms with Gasteiger partial charge in [-0.1, -0.05) is 26.0 Å². The van der Waals surface area contributed by atoms with E-state index in [-0.39, 0.29) is 18.3 Å². The van der Waals surface area contributed by atoms with Crippen LogP contribution < -0.4 is 10.2 Å². The fourth-order valence-corrected chi connectivity index (χ4v) is 2.97. The van der Waals surface area contributed by atoms with Gasteiger partial charge in [-0.2, -0.15) is 0 Å². The third-order valence-electron chi connectivity index (χ3n) is 4.03. The summed E-state index contributed by atoms with van der Waals surface area (Å²) in [6.45, 7) is 7.74. The van der Waals surface area contributed by atoms with Gasteiger partial charge in [-0.05, 0) is 42.9 Å². The van der Waals surface area contributed by atoms with Crippen molar-refractivity contribution in [2.45, 2.75) is 33.2 Å². The average Bonchev–Trinajstić information content (AvgIpc) is 2.47. The van der Waals surface area contributed by atoms with E-state index in [1.807, 2.05) is 6.07 Å². The lowest BCUT2D eigenvalue weighted by Gasteiger charge is -2.35. The second-order valence-corrected chi connectivity index (χ2v) is 6.41. The molecule has 0 aromatic heterocycles. The Morgan fingerprint density at radius 3 is 2.95 bits per heavy atom. The number of aliphatic hydroxyl groups is 1. The molecule has 0 aliphatic carbocycles. The number of nitrogens with zero attached hydrogens (tertiary/aromatic N) is 1. The molecule has 0 amide bonds. The van der Waals surface area contributed by atoms with Crippen molar-refractivity contribution in [2.75, 3.05) is 31.1 Å². The van der Waals surface area contributed by atoms with Crippen LogP contribution in [0.5, 0.6) is 0 Å². The molecule has 0 spiro atoms. The maximum Gasteiger partial charge on any atom is 0.146 e. The maximum atomic E-state index is 14.3. The van der Waals surface area contributed by atoms with Gasteiger partial charge in [-0.15, -0.1) is 0 Å². The summed E-state index contributed by atoms with van der Waals surface area (Å²) in [7, 11) is 0. The molecule has 1 heterocycles. The number of aliphatic hydroxyl groups excluding tert-OH is 1. The molecule has 1 aliphatic heterocycles. The highest BCUT2D eigenvalue weighted by Crippen LogP contribution is 2.29. The van der Waals surface area contributed by atoms with Gasteiger partial charge in [0, 0.05) is 26.2 Å². The van der Waals surface area contributed by atoms with Crippen LogP contribution in [-0.2, 0) is 6.54 Å². The number of hydrogen-bond donors (Lipinski definition) is 2. The van der Waals surface area contributed by atoms with Crippen LogP contribution >= 0.6 is 0 Å². The summed E-state index contributed by atoms with van der Waals surface area (Å²) < 4.78 is 14.3. The van der Waals surface area contributed by atoms with Crippen LogP contribution in [0.1, 0.15) is 32.3 Å². The topological polar surface area (TPSA) is 35.5 Å². The van der Waals surface area contributed by atoms with Gasteiger partial charge in [0.25, 0.3) is 0 Å². The van der Waals surface area contributed by atoms with E-state index in [0.717, 1.165) is 38.0 Å². The van der Waals surface area contributed by atoms with Crippen LogP contribution in [0.15, 0.2) is 18.2 Å². The molecule has 1 fully saturated rings. The van der Waals surface area contributed by atoms with Gasteiger partial charge in [0.15, 0.2) is 0 Å². The maximum absolute atomic E-state index is 14.3. The molecule has 1 aromatic rings. The molecule has 3 nitrogen and oxygen atoms in total. The summed E-state index contributed by atoms with van der Waals surface area (Å²) in [5, 5.41) is 12.8. The van der Waals surface area contributed by atoms with Crippen molar-refractivity contribution in [3.63, 3.8) is 0 Å². The van der Waals surface area contributed by atoms with E-state index in [0.29, 0.717) is 18.2 Å². The molecule has 0 bridgehead atoms. The second kappa shape index (κ2) is 7.76. The van der Waals surface area contributed by atoms with E-state index in [9.17, 15) is 9.50 Å². The van der Waals surface area contributed by atoms with Gasteiger partial charge >= 0.3 is 0 Å². The van der Waals surface area contributed by atoms with Crippen LogP contribution in [0.2, 0.25) is 0 Å². The third kappa shape index (κ3) is 4.42. The van der Waals surface area contributed by atoms with Crippen LogP contribution in [-0.4, -0.2) is 31.3 Å². The first kappa shape index (κ1) is 16.2. The predicted octanol–water partition coefficient (Wildman–Crippen LogP) is 2.78. The Balaban J connectivity index is 2.13. The Hall–Kier alpha value is -1.13. The molecule has 21 heavy (non-hydrogen) atoms. The number of anilines is 1. The van der Waals surface area contributed by atoms with Gasteiger partial charge in [-0.25, -0.2) is 4.39 Å². The van der Waals surface area contributed by atoms with Gasteiger partial charge < -0.3 is 15.3 Å². The predicted molar refractivity (Wildman–Crippen MR) is 85.0 cm³/mol. The molecular weight excluding hydrogens is 267 g/mol. The van der Waals surface area contributed by atoms with Crippen molar-refractivity contribution in [1.82, 2.24) is 5.32 Å². The fraction of sp³-hybridized carbons (Fsp3) is 0.647. The molecule has 1 saturated heterocycles. The zero-order chi connectivity index (χ0) is 15.2. The zero-order valence-electron chi connectivity index (χ0n) is 13.1. The first-order valence-corrected chi connectivity index (χ1v) is 7.95. The molecule has 2 N–H and O–H groups in total. The van der Waals surface area contributed by atoms with E-state index in [2.05, 4.69) is 24.1 Å². The lowest BCUT2D eigenvalue weighted by atomic mass is 9.97. The summed E-state index contributed by atoms with van der Waals surface area (Å²) in [6, 6.07) is 5.30. The van der Waals surface area contributed by atoms with Crippen molar-refractivity contribution in [2.24, 2.45) is 11.8 Å². The molecule has 1 aliphatic rings. The summed E-state index contributed by atoms with van der Waals surface area (Å²) in [5.41, 5.74) is 1.72. The van der Waals surface area contributed by atoms with Gasteiger partial charge in [-0.3, -0.25) is 0 Å². The van der Waals surface area contributed by atoms with Crippen molar-refractivity contribution >= 4 is 5.69 Å². The number of rotatable bonds is 6. The fourth-order valence-electron chi connectivity index (χ4n) is 2.97. The minimum atomic E-state index is -0.155. The van der Waals surface area contributed by atoms with E-state index in [1.165, 1.54) is 6.07 Å². The number of benzene rings is 1. The van der Waals surface area contributed by atoms with Gasteiger partial charge in [0.05, 0.1) is 5.69 Å². The smallest absolute Gasteiger partial charge is 0.146 e. The van der Waals surface area contributed by atoms with E-state index in [4.69, 9.17) is 0 Å². The van der Waals surface area contributed by atoms with E-state index < -0.39 is 0 Å². The van der Waals surface area contributed by atoms with Crippen molar-refractivity contribution in [1.29, 1.82) is 0 Å². The quantitative estimate of drug-likeness (QED) is 0.847. The summed E-state index contributed by atoms with van der Waals surface area (Å²) >= 11 is 0. The molecule has 118 valence electrons.